The van der Waals surface area contributed by atoms with Gasteiger partial charge >= 0.3 is 0 Å². The molecule has 3 aromatic heterocycles. The number of hydrogen-bond acceptors (Lipinski definition) is 5. The fraction of sp³-hybridized carbons (Fsp3) is 0.0952. The van der Waals surface area contributed by atoms with Crippen LogP contribution < -0.4 is 0 Å². The molecule has 0 fully saturated rings. The first-order valence-electron chi connectivity index (χ1n) is 8.65. The zero-order valence-electron chi connectivity index (χ0n) is 14.9. The molecule has 0 saturated carbocycles. The Labute approximate surface area is 159 Å². The maximum Gasteiger partial charge on any atom is 0.235 e. The molecule has 0 aliphatic heterocycles. The molecule has 6 heteroatoms. The minimum absolute atomic E-state index is 0.633. The van der Waals surface area contributed by atoms with Gasteiger partial charge in [-0.3, -0.25) is 0 Å². The van der Waals surface area contributed by atoms with E-state index in [0.717, 1.165) is 37.6 Å². The Balaban J connectivity index is 1.61. The third-order valence-corrected chi connectivity index (χ3v) is 5.59. The van der Waals surface area contributed by atoms with Crippen molar-refractivity contribution < 1.29 is 4.42 Å². The number of hydrogen-bond donors (Lipinski definition) is 0. The van der Waals surface area contributed by atoms with Gasteiger partial charge in [-0.05, 0) is 37.1 Å². The summed E-state index contributed by atoms with van der Waals surface area (Å²) < 4.78 is 7.81. The van der Waals surface area contributed by atoms with E-state index >= 15 is 0 Å². The molecule has 0 bridgehead atoms. The van der Waals surface area contributed by atoms with Crippen molar-refractivity contribution in [3.8, 4) is 11.6 Å². The maximum atomic E-state index is 6.04. The van der Waals surface area contributed by atoms with Crippen LogP contribution in [0.15, 0.2) is 59.0 Å². The quantitative estimate of drug-likeness (QED) is 0.421. The van der Waals surface area contributed by atoms with Crippen LogP contribution in [0.2, 0.25) is 0 Å². The van der Waals surface area contributed by atoms with Crippen LogP contribution >= 0.6 is 11.3 Å². The van der Waals surface area contributed by atoms with Gasteiger partial charge in [0.1, 0.15) is 10.6 Å². The average Bonchev–Trinajstić information content (AvgIpc) is 3.36. The van der Waals surface area contributed by atoms with Gasteiger partial charge in [-0.1, -0.05) is 59.9 Å². The van der Waals surface area contributed by atoms with E-state index in [9.17, 15) is 0 Å². The van der Waals surface area contributed by atoms with Crippen LogP contribution in [0.1, 0.15) is 23.1 Å². The van der Waals surface area contributed by atoms with Crippen molar-refractivity contribution in [2.45, 2.75) is 13.8 Å². The molecule has 5 rings (SSSR count). The first-order valence-corrected chi connectivity index (χ1v) is 9.47. The summed E-state index contributed by atoms with van der Waals surface area (Å²) in [5.41, 5.74) is 4.13. The zero-order chi connectivity index (χ0) is 18.4. The van der Waals surface area contributed by atoms with Crippen molar-refractivity contribution >= 4 is 38.9 Å². The lowest BCUT2D eigenvalue weighted by molar-refractivity contribution is 0.619. The summed E-state index contributed by atoms with van der Waals surface area (Å²) in [6, 6.07) is 18.2. The Morgan fingerprint density at radius 2 is 1.81 bits per heavy atom. The number of fused-ring (bicyclic) bond motifs is 2. The number of rotatable bonds is 3. The second kappa shape index (κ2) is 6.17. The van der Waals surface area contributed by atoms with E-state index in [-0.39, 0.29) is 0 Å². The molecule has 3 heterocycles. The van der Waals surface area contributed by atoms with Crippen molar-refractivity contribution in [3.63, 3.8) is 0 Å². The van der Waals surface area contributed by atoms with E-state index in [1.165, 1.54) is 11.3 Å². The summed E-state index contributed by atoms with van der Waals surface area (Å²) in [6.07, 6.45) is 2.12. The van der Waals surface area contributed by atoms with Gasteiger partial charge < -0.3 is 4.42 Å². The molecule has 0 aliphatic carbocycles. The summed E-state index contributed by atoms with van der Waals surface area (Å²) in [7, 11) is 0. The van der Waals surface area contributed by atoms with Crippen molar-refractivity contribution in [2.24, 2.45) is 0 Å². The highest BCUT2D eigenvalue weighted by atomic mass is 32.1. The molecular formula is C21H16N4OS. The van der Waals surface area contributed by atoms with Crippen LogP contribution in [0.4, 0.5) is 0 Å². The lowest BCUT2D eigenvalue weighted by Crippen LogP contribution is -1.92. The molecule has 5 nitrogen and oxygen atoms in total. The van der Waals surface area contributed by atoms with Gasteiger partial charge in [0.05, 0.1) is 0 Å². The maximum absolute atomic E-state index is 6.04. The van der Waals surface area contributed by atoms with Crippen molar-refractivity contribution in [2.75, 3.05) is 0 Å². The van der Waals surface area contributed by atoms with E-state index in [0.29, 0.717) is 11.6 Å². The summed E-state index contributed by atoms with van der Waals surface area (Å²) in [6.45, 7) is 4.10. The molecular weight excluding hydrogens is 356 g/mol. The first kappa shape index (κ1) is 16.0. The van der Waals surface area contributed by atoms with Crippen LogP contribution in [0.25, 0.3) is 39.2 Å². The predicted octanol–water partition coefficient (Wildman–Crippen LogP) is 5.47. The van der Waals surface area contributed by atoms with E-state index in [2.05, 4.69) is 41.4 Å². The molecule has 5 aromatic rings. The molecule has 2 aromatic carbocycles. The summed E-state index contributed by atoms with van der Waals surface area (Å²) in [4.78, 5) is 0.751. The van der Waals surface area contributed by atoms with E-state index in [4.69, 9.17) is 9.52 Å². The minimum Gasteiger partial charge on any atom is -0.452 e. The molecule has 0 radical (unpaired) electrons. The number of aromatic nitrogens is 4. The molecule has 0 saturated heterocycles. The van der Waals surface area contributed by atoms with Gasteiger partial charge in [0.15, 0.2) is 5.76 Å². The normalized spacial score (nSPS) is 12.3. The monoisotopic (exact) mass is 372 g/mol. The Bertz CT molecular complexity index is 1290. The SMILES string of the molecule is C/C(=C\c1ccccc1)c1nn2c(-c3oc4ccccc4c3C)nnc2s1. The Morgan fingerprint density at radius 1 is 1.04 bits per heavy atom. The van der Waals surface area contributed by atoms with Crippen LogP contribution in [0.3, 0.4) is 0 Å². The van der Waals surface area contributed by atoms with Crippen LogP contribution in [0.5, 0.6) is 0 Å². The van der Waals surface area contributed by atoms with Gasteiger partial charge in [-0.25, -0.2) is 0 Å². The third-order valence-electron chi connectivity index (χ3n) is 4.56. The second-order valence-electron chi connectivity index (χ2n) is 6.42. The molecule has 0 N–H and O–H groups in total. The lowest BCUT2D eigenvalue weighted by Gasteiger charge is -1.97. The van der Waals surface area contributed by atoms with Crippen LogP contribution in [-0.4, -0.2) is 19.8 Å². The average molecular weight is 372 g/mol. The highest BCUT2D eigenvalue weighted by molar-refractivity contribution is 7.17. The minimum atomic E-state index is 0.633. The molecule has 0 atom stereocenters. The van der Waals surface area contributed by atoms with Crippen molar-refractivity contribution in [1.82, 2.24) is 19.8 Å². The lowest BCUT2D eigenvalue weighted by atomic mass is 10.1. The molecule has 0 aliphatic rings. The largest absolute Gasteiger partial charge is 0.452 e. The van der Waals surface area contributed by atoms with Crippen molar-refractivity contribution in [1.29, 1.82) is 0 Å². The van der Waals surface area contributed by atoms with Crippen LogP contribution in [0, 0.1) is 6.92 Å². The fourth-order valence-electron chi connectivity index (χ4n) is 3.17. The van der Waals surface area contributed by atoms with Crippen LogP contribution in [-0.2, 0) is 0 Å². The predicted molar refractivity (Wildman–Crippen MR) is 109 cm³/mol. The Hall–Kier alpha value is -3.25. The number of aryl methyl sites for hydroxylation is 1. The fourth-order valence-corrected chi connectivity index (χ4v) is 3.98. The topological polar surface area (TPSA) is 56.2 Å². The standard InChI is InChI=1S/C21H16N4OS/c1-13(12-15-8-4-3-5-9-15)20-24-25-19(22-23-21(25)27-20)18-14(2)16-10-6-7-11-17(16)26-18/h3-12H,1-2H3/b13-12+. The number of nitrogens with zero attached hydrogens (tertiary/aromatic N) is 4. The smallest absolute Gasteiger partial charge is 0.235 e. The highest BCUT2D eigenvalue weighted by Gasteiger charge is 2.20. The van der Waals surface area contributed by atoms with Gasteiger partial charge in [0.25, 0.3) is 0 Å². The molecule has 0 spiro atoms. The summed E-state index contributed by atoms with van der Waals surface area (Å²) in [5, 5.41) is 15.3. The zero-order valence-corrected chi connectivity index (χ0v) is 15.7. The van der Waals surface area contributed by atoms with Gasteiger partial charge in [-0.2, -0.15) is 9.61 Å². The van der Waals surface area contributed by atoms with Gasteiger partial charge in [0.2, 0.25) is 10.8 Å². The molecule has 132 valence electrons. The van der Waals surface area contributed by atoms with E-state index in [1.54, 1.807) is 4.52 Å². The molecule has 0 unspecified atom stereocenters. The van der Waals surface area contributed by atoms with E-state index < -0.39 is 0 Å². The number of furan rings is 1. The Morgan fingerprint density at radius 3 is 2.63 bits per heavy atom. The number of para-hydroxylation sites is 1. The second-order valence-corrected chi connectivity index (χ2v) is 7.37. The molecule has 0 amide bonds. The number of allylic oxidation sites excluding steroid dienone is 1. The highest BCUT2D eigenvalue weighted by Crippen LogP contribution is 2.33. The number of benzene rings is 2. The third kappa shape index (κ3) is 2.65. The van der Waals surface area contributed by atoms with E-state index in [1.807, 2.05) is 43.3 Å². The first-order chi connectivity index (χ1) is 13.2. The van der Waals surface area contributed by atoms with Gasteiger partial charge in [-0.15, -0.1) is 10.2 Å². The van der Waals surface area contributed by atoms with Crippen molar-refractivity contribution in [3.05, 3.63) is 70.7 Å². The summed E-state index contributed by atoms with van der Waals surface area (Å²) in [5.74, 6) is 1.35. The summed E-state index contributed by atoms with van der Waals surface area (Å²) >= 11 is 1.52. The Kier molecular flexibility index (Phi) is 3.65. The van der Waals surface area contributed by atoms with Gasteiger partial charge in [0, 0.05) is 10.9 Å². The molecule has 27 heavy (non-hydrogen) atoms.